The molecule has 0 fully saturated rings. The molecule has 0 atom stereocenters. The monoisotopic (exact) mass is 663 g/mol. The Morgan fingerprint density at radius 1 is 0.930 bits per heavy atom. The van der Waals surface area contributed by atoms with Crippen molar-refractivity contribution >= 4 is 42.4 Å². The van der Waals surface area contributed by atoms with Gasteiger partial charge in [0.25, 0.3) is 9.84 Å². The Bertz CT molecular complexity index is 2160. The maximum atomic E-state index is 13.8. The van der Waals surface area contributed by atoms with Gasteiger partial charge in [0.15, 0.2) is 21.2 Å². The Morgan fingerprint density at radius 2 is 1.60 bits per heavy atom. The SMILES string of the molecule is CCS(=O)(=O)c1ccc(-n2ncn(-c3ccc(Cl)cc3)c2=O)nc1-c1nc2cc(S(=O)(=O)C(F)(F)C(F)(F)F)ccc2o1. The Morgan fingerprint density at radius 3 is 2.23 bits per heavy atom. The normalized spacial score (nSPS) is 13.1. The molecule has 0 spiro atoms. The summed E-state index contributed by atoms with van der Waals surface area (Å²) in [6, 6.07) is 10.1. The van der Waals surface area contributed by atoms with Crippen molar-refractivity contribution in [3.8, 4) is 23.1 Å². The molecule has 5 rings (SSSR count). The molecule has 0 unspecified atom stereocenters. The number of alkyl halides is 5. The fourth-order valence-electron chi connectivity index (χ4n) is 3.83. The Labute approximate surface area is 243 Å². The van der Waals surface area contributed by atoms with E-state index in [0.29, 0.717) is 22.8 Å². The van der Waals surface area contributed by atoms with E-state index in [1.165, 1.54) is 31.5 Å². The molecule has 5 aromatic rings. The summed E-state index contributed by atoms with van der Waals surface area (Å²) < 4.78 is 123. The lowest BCUT2D eigenvalue weighted by Gasteiger charge is -2.19. The Hall–Kier alpha value is -4.16. The number of rotatable bonds is 7. The van der Waals surface area contributed by atoms with Gasteiger partial charge in [-0.05, 0) is 54.6 Å². The van der Waals surface area contributed by atoms with Gasteiger partial charge >= 0.3 is 17.1 Å². The third-order valence-electron chi connectivity index (χ3n) is 6.09. The molecule has 0 aliphatic heterocycles. The lowest BCUT2D eigenvalue weighted by molar-refractivity contribution is -0.241. The number of benzene rings is 2. The first kappa shape index (κ1) is 30.3. The fourth-order valence-corrected chi connectivity index (χ4v) is 6.08. The molecule has 2 aromatic carbocycles. The molecule has 19 heteroatoms. The number of halogens is 6. The van der Waals surface area contributed by atoms with Gasteiger partial charge in [0.05, 0.1) is 21.2 Å². The smallest absolute Gasteiger partial charge is 0.435 e. The lowest BCUT2D eigenvalue weighted by Crippen LogP contribution is -2.43. The van der Waals surface area contributed by atoms with Crippen molar-refractivity contribution in [1.82, 2.24) is 24.3 Å². The molecule has 0 aliphatic carbocycles. The van der Waals surface area contributed by atoms with Crippen LogP contribution in [0.5, 0.6) is 0 Å². The number of oxazole rings is 1. The largest absolute Gasteiger partial charge is 0.469 e. The minimum atomic E-state index is -6.40. The molecular weight excluding hydrogens is 649 g/mol. The van der Waals surface area contributed by atoms with Crippen LogP contribution in [0.4, 0.5) is 22.0 Å². The molecule has 0 bridgehead atoms. The van der Waals surface area contributed by atoms with Crippen molar-refractivity contribution in [3.05, 3.63) is 76.4 Å². The van der Waals surface area contributed by atoms with E-state index in [2.05, 4.69) is 15.1 Å². The molecule has 3 aromatic heterocycles. The molecule has 0 radical (unpaired) electrons. The Kier molecular flexibility index (Phi) is 7.21. The molecule has 226 valence electrons. The highest BCUT2D eigenvalue weighted by Gasteiger charge is 2.67. The molecule has 0 aliphatic rings. The Balaban J connectivity index is 1.65. The van der Waals surface area contributed by atoms with Crippen LogP contribution in [-0.2, 0) is 19.7 Å². The van der Waals surface area contributed by atoms with Gasteiger partial charge in [0, 0.05) is 5.02 Å². The first-order chi connectivity index (χ1) is 20.0. The first-order valence-corrected chi connectivity index (χ1v) is 15.3. The third kappa shape index (κ3) is 5.08. The summed E-state index contributed by atoms with van der Waals surface area (Å²) in [6.45, 7) is 1.33. The topological polar surface area (TPSA) is 147 Å². The molecule has 11 nitrogen and oxygen atoms in total. The van der Waals surface area contributed by atoms with Gasteiger partial charge in [-0.1, -0.05) is 18.5 Å². The van der Waals surface area contributed by atoms with Crippen molar-refractivity contribution in [1.29, 1.82) is 0 Å². The van der Waals surface area contributed by atoms with Crippen molar-refractivity contribution in [2.45, 2.75) is 28.1 Å². The minimum Gasteiger partial charge on any atom is -0.435 e. The van der Waals surface area contributed by atoms with Gasteiger partial charge in [-0.25, -0.2) is 36.2 Å². The average Bonchev–Trinajstić information content (AvgIpc) is 3.55. The van der Waals surface area contributed by atoms with Crippen LogP contribution in [-0.4, -0.2) is 58.3 Å². The predicted octanol–water partition coefficient (Wildman–Crippen LogP) is 4.60. The van der Waals surface area contributed by atoms with Crippen LogP contribution in [0.2, 0.25) is 5.02 Å². The van der Waals surface area contributed by atoms with E-state index in [1.807, 2.05) is 0 Å². The average molecular weight is 664 g/mol. The number of fused-ring (bicyclic) bond motifs is 1. The number of nitrogens with zero attached hydrogens (tertiary/aromatic N) is 5. The minimum absolute atomic E-state index is 0.196. The second-order valence-corrected chi connectivity index (χ2v) is 13.4. The molecule has 0 saturated heterocycles. The van der Waals surface area contributed by atoms with E-state index in [-0.39, 0.29) is 11.4 Å². The number of hydrogen-bond acceptors (Lipinski definition) is 9. The van der Waals surface area contributed by atoms with Crippen LogP contribution in [0.25, 0.3) is 34.2 Å². The molecule has 3 heterocycles. The van der Waals surface area contributed by atoms with Crippen LogP contribution in [0.1, 0.15) is 6.92 Å². The maximum Gasteiger partial charge on any atom is 0.469 e. The zero-order valence-electron chi connectivity index (χ0n) is 21.3. The van der Waals surface area contributed by atoms with Gasteiger partial charge in [-0.3, -0.25) is 0 Å². The van der Waals surface area contributed by atoms with Crippen molar-refractivity contribution < 1.29 is 43.2 Å². The van der Waals surface area contributed by atoms with Crippen LogP contribution < -0.4 is 5.69 Å². The van der Waals surface area contributed by atoms with E-state index in [0.717, 1.165) is 21.4 Å². The van der Waals surface area contributed by atoms with E-state index in [9.17, 15) is 43.6 Å². The van der Waals surface area contributed by atoms with Gasteiger partial charge in [-0.2, -0.15) is 31.7 Å². The van der Waals surface area contributed by atoms with Gasteiger partial charge in [-0.15, -0.1) is 0 Å². The van der Waals surface area contributed by atoms with E-state index in [1.54, 1.807) is 12.1 Å². The second kappa shape index (κ2) is 10.2. The van der Waals surface area contributed by atoms with Gasteiger partial charge in [0.2, 0.25) is 5.89 Å². The summed E-state index contributed by atoms with van der Waals surface area (Å²) in [4.78, 5) is 19.4. The quantitative estimate of drug-likeness (QED) is 0.228. The van der Waals surface area contributed by atoms with E-state index < -0.39 is 69.4 Å². The molecule has 0 N–H and O–H groups in total. The number of pyridine rings is 1. The van der Waals surface area contributed by atoms with Crippen LogP contribution in [0.3, 0.4) is 0 Å². The number of aromatic nitrogens is 5. The van der Waals surface area contributed by atoms with Crippen LogP contribution in [0, 0.1) is 0 Å². The molecule has 43 heavy (non-hydrogen) atoms. The van der Waals surface area contributed by atoms with E-state index in [4.69, 9.17) is 16.0 Å². The third-order valence-corrected chi connectivity index (χ3v) is 9.88. The van der Waals surface area contributed by atoms with Crippen molar-refractivity contribution in [2.75, 3.05) is 5.75 Å². The number of sulfone groups is 2. The van der Waals surface area contributed by atoms with E-state index >= 15 is 0 Å². The summed E-state index contributed by atoms with van der Waals surface area (Å²) in [5, 5.41) is -1.70. The highest BCUT2D eigenvalue weighted by Crippen LogP contribution is 2.43. The van der Waals surface area contributed by atoms with Gasteiger partial charge in [0.1, 0.15) is 17.5 Å². The maximum absolute atomic E-state index is 13.8. The lowest BCUT2D eigenvalue weighted by atomic mass is 10.3. The van der Waals surface area contributed by atoms with Crippen molar-refractivity contribution in [3.63, 3.8) is 0 Å². The summed E-state index contributed by atoms with van der Waals surface area (Å²) in [5.41, 5.74) is -1.57. The van der Waals surface area contributed by atoms with Gasteiger partial charge < -0.3 is 4.42 Å². The second-order valence-electron chi connectivity index (χ2n) is 8.76. The highest BCUT2D eigenvalue weighted by atomic mass is 35.5. The summed E-state index contributed by atoms with van der Waals surface area (Å²) in [7, 11) is -10.3. The molecular formula is C24H15ClF5N5O6S2. The summed E-state index contributed by atoms with van der Waals surface area (Å²) >= 11 is 5.89. The highest BCUT2D eigenvalue weighted by molar-refractivity contribution is 7.92. The predicted molar refractivity (Wildman–Crippen MR) is 141 cm³/mol. The molecule has 0 amide bonds. The summed E-state index contributed by atoms with van der Waals surface area (Å²) in [6.07, 6.45) is -5.23. The number of hydrogen-bond donors (Lipinski definition) is 0. The van der Waals surface area contributed by atoms with Crippen molar-refractivity contribution in [2.24, 2.45) is 0 Å². The zero-order valence-corrected chi connectivity index (χ0v) is 23.6. The fraction of sp³-hybridized carbons (Fsp3) is 0.167. The molecule has 0 saturated carbocycles. The van der Waals surface area contributed by atoms with Crippen LogP contribution in [0.15, 0.2) is 79.9 Å². The summed E-state index contributed by atoms with van der Waals surface area (Å²) in [5.74, 6) is -1.18. The standard InChI is InChI=1S/C24H15ClF5N5O6S2/c1-2-42(37,38)18-9-10-19(35-22(36)34(12-31-35)14-5-3-13(25)4-6-14)33-20(18)21-32-16-11-15(7-8-17(16)41-21)43(39,40)24(29,30)23(26,27)28/h3-12H,2H2,1H3. The first-order valence-electron chi connectivity index (χ1n) is 11.7. The van der Waals surface area contributed by atoms with Crippen LogP contribution >= 0.6 is 11.6 Å². The zero-order chi connectivity index (χ0) is 31.5.